The van der Waals surface area contributed by atoms with Crippen molar-refractivity contribution in [2.75, 3.05) is 6.79 Å². The quantitative estimate of drug-likeness (QED) is 0.654. The molecule has 1 fully saturated rings. The van der Waals surface area contributed by atoms with Crippen molar-refractivity contribution >= 4 is 33.8 Å². The number of hydrogen-bond donors (Lipinski definition) is 1. The molecule has 0 spiro atoms. The fraction of sp³-hybridized carbons (Fsp3) is 0.364. The molecule has 2 aliphatic rings. The molecule has 1 aliphatic carbocycles. The van der Waals surface area contributed by atoms with Gasteiger partial charge in [0, 0.05) is 10.9 Å². The number of benzene rings is 2. The number of alkyl carbamates (subject to hydrolysis) is 1. The maximum Gasteiger partial charge on any atom is 0.408 e. The van der Waals surface area contributed by atoms with E-state index < -0.39 is 38.2 Å². The summed E-state index contributed by atoms with van der Waals surface area (Å²) in [5, 5.41) is 1.65. The van der Waals surface area contributed by atoms with Crippen molar-refractivity contribution in [2.24, 2.45) is 0 Å². The Morgan fingerprint density at radius 3 is 2.44 bits per heavy atom. The van der Waals surface area contributed by atoms with Gasteiger partial charge in [-0.2, -0.15) is 0 Å². The Bertz CT molecular complexity index is 1170. The number of carbonyl (C=O) groups is 2. The topological polar surface area (TPSA) is 108 Å². The number of sulfone groups is 1. The van der Waals surface area contributed by atoms with Gasteiger partial charge in [-0.3, -0.25) is 0 Å². The summed E-state index contributed by atoms with van der Waals surface area (Å²) in [5.74, 6) is 0.0973. The van der Waals surface area contributed by atoms with E-state index in [4.69, 9.17) is 25.8 Å². The van der Waals surface area contributed by atoms with E-state index >= 15 is 0 Å². The van der Waals surface area contributed by atoms with Crippen molar-refractivity contribution in [3.63, 3.8) is 0 Å². The van der Waals surface area contributed by atoms with Crippen LogP contribution in [0.25, 0.3) is 0 Å². The third-order valence-corrected chi connectivity index (χ3v) is 7.84. The summed E-state index contributed by atoms with van der Waals surface area (Å²) in [4.78, 5) is 24.9. The highest BCUT2D eigenvalue weighted by molar-refractivity contribution is 7.92. The first kappa shape index (κ1) is 22.4. The van der Waals surface area contributed by atoms with Gasteiger partial charge in [-0.25, -0.2) is 13.2 Å². The second-order valence-electron chi connectivity index (χ2n) is 8.69. The van der Waals surface area contributed by atoms with Crippen LogP contribution in [0.5, 0.6) is 11.5 Å². The van der Waals surface area contributed by atoms with Gasteiger partial charge in [0.1, 0.15) is 22.7 Å². The minimum atomic E-state index is -4.04. The first-order valence-corrected chi connectivity index (χ1v) is 11.8. The van der Waals surface area contributed by atoms with Crippen LogP contribution in [0.15, 0.2) is 47.4 Å². The smallest absolute Gasteiger partial charge is 0.408 e. The van der Waals surface area contributed by atoms with Crippen LogP contribution in [0.3, 0.4) is 0 Å². The molecule has 1 heterocycles. The van der Waals surface area contributed by atoms with Gasteiger partial charge >= 0.3 is 6.09 Å². The van der Waals surface area contributed by atoms with E-state index in [1.807, 2.05) is 0 Å². The number of nitrogens with one attached hydrogen (secondary N) is 1. The summed E-state index contributed by atoms with van der Waals surface area (Å²) < 4.78 is 43.0. The van der Waals surface area contributed by atoms with E-state index in [1.54, 1.807) is 39.0 Å². The molecule has 1 N–H and O–H groups in total. The van der Waals surface area contributed by atoms with Crippen LogP contribution in [-0.4, -0.2) is 44.0 Å². The molecule has 0 aromatic heterocycles. The van der Waals surface area contributed by atoms with E-state index in [9.17, 15) is 18.0 Å². The van der Waals surface area contributed by atoms with Gasteiger partial charge in [0.25, 0.3) is 0 Å². The third-order valence-electron chi connectivity index (χ3n) is 5.32. The van der Waals surface area contributed by atoms with Crippen LogP contribution in [-0.2, 0) is 19.4 Å². The van der Waals surface area contributed by atoms with Gasteiger partial charge in [-0.05, 0) is 62.7 Å². The molecule has 2 aromatic carbocycles. The van der Waals surface area contributed by atoms with Crippen LogP contribution in [0, 0.1) is 0 Å². The number of rotatable bonds is 5. The Labute approximate surface area is 190 Å². The number of hydrogen-bond acceptors (Lipinski definition) is 7. The normalized spacial score (nSPS) is 24.0. The number of carbonyl (C=O) groups excluding carboxylic acids is 2. The molecule has 8 nitrogen and oxygen atoms in total. The van der Waals surface area contributed by atoms with E-state index in [0.29, 0.717) is 28.4 Å². The van der Waals surface area contributed by atoms with Crippen LogP contribution in [0.4, 0.5) is 4.79 Å². The summed E-state index contributed by atoms with van der Waals surface area (Å²) in [7, 11) is -4.04. The molecule has 3 unspecified atom stereocenters. The molecule has 4 rings (SSSR count). The van der Waals surface area contributed by atoms with Crippen molar-refractivity contribution in [3.8, 4) is 11.5 Å². The zero-order valence-corrected chi connectivity index (χ0v) is 19.2. The van der Waals surface area contributed by atoms with Gasteiger partial charge in [-0.15, -0.1) is 0 Å². The average Bonchev–Trinajstić information content (AvgIpc) is 3.13. The fourth-order valence-corrected chi connectivity index (χ4v) is 6.31. The highest BCUT2D eigenvalue weighted by Gasteiger charge is 2.73. The maximum atomic E-state index is 13.5. The van der Waals surface area contributed by atoms with E-state index in [0.717, 1.165) is 0 Å². The molecular weight excluding hydrogens is 458 g/mol. The van der Waals surface area contributed by atoms with E-state index in [2.05, 4.69) is 5.32 Å². The summed E-state index contributed by atoms with van der Waals surface area (Å²) in [6, 6.07) is 10.6. The minimum absolute atomic E-state index is 0.00708. The summed E-state index contributed by atoms with van der Waals surface area (Å²) in [5.41, 5.74) is -2.03. The lowest BCUT2D eigenvalue weighted by atomic mass is 10.1. The van der Waals surface area contributed by atoms with Crippen LogP contribution < -0.4 is 14.8 Å². The van der Waals surface area contributed by atoms with Crippen LogP contribution >= 0.6 is 11.6 Å². The molecule has 1 aliphatic heterocycles. The van der Waals surface area contributed by atoms with Crippen molar-refractivity contribution in [2.45, 2.75) is 48.0 Å². The number of fused-ring (bicyclic) bond motifs is 1. The van der Waals surface area contributed by atoms with Gasteiger partial charge < -0.3 is 24.3 Å². The largest absolute Gasteiger partial charge is 0.454 e. The SMILES string of the molecule is CC(C)(C)OC(=O)NC1(C=O)C(c2ccc3c(c2)OCO3)C1S(=O)(=O)c1ccc(Cl)cc1. The number of aldehydes is 1. The number of amides is 1. The van der Waals surface area contributed by atoms with Crippen LogP contribution in [0.1, 0.15) is 32.3 Å². The monoisotopic (exact) mass is 479 g/mol. The molecule has 10 heteroatoms. The second-order valence-corrected chi connectivity index (χ2v) is 11.2. The van der Waals surface area contributed by atoms with Crippen molar-refractivity contribution < 1.29 is 32.2 Å². The Kier molecular flexibility index (Phi) is 5.37. The average molecular weight is 480 g/mol. The maximum absolute atomic E-state index is 13.5. The van der Waals surface area contributed by atoms with Crippen molar-refractivity contribution in [3.05, 3.63) is 53.1 Å². The lowest BCUT2D eigenvalue weighted by Crippen LogP contribution is -2.45. The van der Waals surface area contributed by atoms with Gasteiger partial charge in [0.15, 0.2) is 21.3 Å². The molecule has 2 aromatic rings. The molecule has 1 amide bonds. The van der Waals surface area contributed by atoms with E-state index in [-0.39, 0.29) is 11.7 Å². The molecule has 0 bridgehead atoms. The predicted molar refractivity (Wildman–Crippen MR) is 116 cm³/mol. The standard InChI is InChI=1S/C22H22ClNO7S/c1-21(2,3)31-20(26)24-22(11-25)18(13-4-9-16-17(10-13)30-12-29-16)19(22)32(27,28)15-7-5-14(23)6-8-15/h4-11,18-19H,12H2,1-3H3,(H,24,26). The summed E-state index contributed by atoms with van der Waals surface area (Å²) in [6.07, 6.45) is -0.422. The number of halogens is 1. The molecule has 0 saturated heterocycles. The highest BCUT2D eigenvalue weighted by Crippen LogP contribution is 2.57. The predicted octanol–water partition coefficient (Wildman–Crippen LogP) is 3.47. The minimum Gasteiger partial charge on any atom is -0.454 e. The highest BCUT2D eigenvalue weighted by atomic mass is 35.5. The zero-order valence-electron chi connectivity index (χ0n) is 17.6. The Balaban J connectivity index is 1.76. The lowest BCUT2D eigenvalue weighted by Gasteiger charge is -2.22. The fourth-order valence-electron chi connectivity index (χ4n) is 3.94. The molecule has 1 saturated carbocycles. The molecule has 0 radical (unpaired) electrons. The summed E-state index contributed by atoms with van der Waals surface area (Å²) in [6.45, 7) is 5.06. The summed E-state index contributed by atoms with van der Waals surface area (Å²) >= 11 is 5.90. The lowest BCUT2D eigenvalue weighted by molar-refractivity contribution is -0.110. The van der Waals surface area contributed by atoms with Gasteiger partial charge in [0.2, 0.25) is 6.79 Å². The third kappa shape index (κ3) is 3.91. The van der Waals surface area contributed by atoms with Gasteiger partial charge in [-0.1, -0.05) is 17.7 Å². The van der Waals surface area contributed by atoms with Gasteiger partial charge in [0.05, 0.1) is 4.90 Å². The first-order valence-electron chi connectivity index (χ1n) is 9.84. The van der Waals surface area contributed by atoms with Crippen molar-refractivity contribution in [1.29, 1.82) is 0 Å². The second kappa shape index (κ2) is 7.67. The molecule has 32 heavy (non-hydrogen) atoms. The Morgan fingerprint density at radius 2 is 1.81 bits per heavy atom. The first-order chi connectivity index (χ1) is 15.0. The Morgan fingerprint density at radius 1 is 1.16 bits per heavy atom. The molecule has 3 atom stereocenters. The van der Waals surface area contributed by atoms with Crippen molar-refractivity contribution in [1.82, 2.24) is 5.32 Å². The molecule has 170 valence electrons. The number of ether oxygens (including phenoxy) is 3. The van der Waals surface area contributed by atoms with Crippen LogP contribution in [0.2, 0.25) is 5.02 Å². The van der Waals surface area contributed by atoms with E-state index in [1.165, 1.54) is 24.3 Å². The zero-order chi connectivity index (χ0) is 23.3. The Hall–Kier alpha value is -2.78. The molecular formula is C22H22ClNO7S.